The molecule has 31 heavy (non-hydrogen) atoms. The Hall–Kier alpha value is -3.57. The summed E-state index contributed by atoms with van der Waals surface area (Å²) >= 11 is 0. The molecule has 3 N–H and O–H groups in total. The van der Waals surface area contributed by atoms with Crippen LogP contribution in [0.2, 0.25) is 0 Å². The zero-order valence-corrected chi connectivity index (χ0v) is 17.4. The van der Waals surface area contributed by atoms with Crippen molar-refractivity contribution < 1.29 is 19.1 Å². The molecule has 0 aliphatic heterocycles. The highest BCUT2D eigenvalue weighted by molar-refractivity contribution is 5.93. The van der Waals surface area contributed by atoms with E-state index in [-0.39, 0.29) is 6.42 Å². The van der Waals surface area contributed by atoms with Crippen LogP contribution >= 0.6 is 0 Å². The second-order valence-corrected chi connectivity index (χ2v) is 7.54. The molecule has 4 rings (SSSR count). The molecule has 0 saturated heterocycles. The standard InChI is InChI=1S/C26H25NO4/c1-2-17-6-7-21(14-25(28)29)24(13-17)31-16-19-11-22-8-9-30-26(22)23(12-19)20-5-3-4-18(10-20)15-27/h3-13H,2,14-16,27H2,1H3,(H,28,29). The highest BCUT2D eigenvalue weighted by Crippen LogP contribution is 2.32. The molecule has 0 atom stereocenters. The molecule has 1 aromatic heterocycles. The van der Waals surface area contributed by atoms with Gasteiger partial charge in [0.2, 0.25) is 0 Å². The van der Waals surface area contributed by atoms with E-state index in [1.807, 2.05) is 48.5 Å². The number of hydrogen-bond donors (Lipinski definition) is 2. The summed E-state index contributed by atoms with van der Waals surface area (Å²) in [6, 6.07) is 19.8. The Labute approximate surface area is 181 Å². The van der Waals surface area contributed by atoms with E-state index < -0.39 is 5.97 Å². The quantitative estimate of drug-likeness (QED) is 0.406. The van der Waals surface area contributed by atoms with E-state index in [1.165, 1.54) is 0 Å². The van der Waals surface area contributed by atoms with Crippen LogP contribution in [-0.2, 0) is 30.8 Å². The number of carbonyl (C=O) groups is 1. The van der Waals surface area contributed by atoms with Crippen molar-refractivity contribution in [3.63, 3.8) is 0 Å². The third-order valence-corrected chi connectivity index (χ3v) is 5.36. The van der Waals surface area contributed by atoms with E-state index in [0.29, 0.717) is 24.5 Å². The topological polar surface area (TPSA) is 85.7 Å². The van der Waals surface area contributed by atoms with Gasteiger partial charge in [0, 0.05) is 23.1 Å². The number of benzene rings is 3. The molecule has 4 aromatic rings. The van der Waals surface area contributed by atoms with Gasteiger partial charge in [0.25, 0.3) is 0 Å². The van der Waals surface area contributed by atoms with Crippen molar-refractivity contribution in [2.45, 2.75) is 32.9 Å². The van der Waals surface area contributed by atoms with Crippen LogP contribution in [0.15, 0.2) is 71.3 Å². The molecular weight excluding hydrogens is 390 g/mol. The highest BCUT2D eigenvalue weighted by Gasteiger charge is 2.13. The Morgan fingerprint density at radius 2 is 1.90 bits per heavy atom. The Kier molecular flexibility index (Phi) is 6.05. The van der Waals surface area contributed by atoms with E-state index >= 15 is 0 Å². The second-order valence-electron chi connectivity index (χ2n) is 7.54. The first-order chi connectivity index (χ1) is 15.1. The van der Waals surface area contributed by atoms with Crippen molar-refractivity contribution in [1.29, 1.82) is 0 Å². The Balaban J connectivity index is 1.68. The van der Waals surface area contributed by atoms with Gasteiger partial charge in [-0.05, 0) is 59.0 Å². The Morgan fingerprint density at radius 3 is 2.68 bits per heavy atom. The van der Waals surface area contributed by atoms with Crippen LogP contribution in [0.4, 0.5) is 0 Å². The summed E-state index contributed by atoms with van der Waals surface area (Å²) in [5.74, 6) is -0.267. The minimum atomic E-state index is -0.879. The summed E-state index contributed by atoms with van der Waals surface area (Å²) in [5.41, 5.74) is 12.4. The lowest BCUT2D eigenvalue weighted by Crippen LogP contribution is -2.05. The predicted molar refractivity (Wildman–Crippen MR) is 121 cm³/mol. The number of aryl methyl sites for hydroxylation is 1. The number of ether oxygens (including phenoxy) is 1. The summed E-state index contributed by atoms with van der Waals surface area (Å²) in [6.45, 7) is 2.85. The maximum atomic E-state index is 11.2. The van der Waals surface area contributed by atoms with Crippen LogP contribution in [0, 0.1) is 0 Å². The molecule has 0 spiro atoms. The molecule has 0 aliphatic carbocycles. The lowest BCUT2D eigenvalue weighted by atomic mass is 9.99. The first kappa shape index (κ1) is 20.7. The van der Waals surface area contributed by atoms with Crippen LogP contribution in [0.5, 0.6) is 5.75 Å². The van der Waals surface area contributed by atoms with Crippen LogP contribution in [0.1, 0.15) is 29.2 Å². The monoisotopic (exact) mass is 415 g/mol. The minimum Gasteiger partial charge on any atom is -0.489 e. The van der Waals surface area contributed by atoms with Gasteiger partial charge in [0.15, 0.2) is 0 Å². The third kappa shape index (κ3) is 4.62. The minimum absolute atomic E-state index is 0.0722. The molecule has 0 unspecified atom stereocenters. The molecule has 0 amide bonds. The average molecular weight is 415 g/mol. The van der Waals surface area contributed by atoms with Gasteiger partial charge in [0.05, 0.1) is 12.7 Å². The summed E-state index contributed by atoms with van der Waals surface area (Å²) in [4.78, 5) is 11.2. The molecule has 0 aliphatic rings. The van der Waals surface area contributed by atoms with Gasteiger partial charge < -0.3 is 20.0 Å². The number of rotatable bonds is 8. The first-order valence-electron chi connectivity index (χ1n) is 10.3. The number of carboxylic acid groups (broad SMARTS) is 1. The molecule has 0 radical (unpaired) electrons. The van der Waals surface area contributed by atoms with Gasteiger partial charge in [-0.15, -0.1) is 0 Å². The Morgan fingerprint density at radius 1 is 1.03 bits per heavy atom. The molecule has 5 nitrogen and oxygen atoms in total. The molecule has 158 valence electrons. The van der Waals surface area contributed by atoms with E-state index in [1.54, 1.807) is 6.26 Å². The van der Waals surface area contributed by atoms with Crippen molar-refractivity contribution in [3.05, 3.63) is 89.2 Å². The number of hydrogen-bond acceptors (Lipinski definition) is 4. The number of nitrogens with two attached hydrogens (primary N) is 1. The van der Waals surface area contributed by atoms with Gasteiger partial charge in [-0.3, -0.25) is 4.79 Å². The van der Waals surface area contributed by atoms with Gasteiger partial charge in [-0.2, -0.15) is 0 Å². The van der Waals surface area contributed by atoms with Crippen LogP contribution in [0.25, 0.3) is 22.1 Å². The average Bonchev–Trinajstić information content (AvgIpc) is 3.26. The number of furan rings is 1. The fourth-order valence-corrected chi connectivity index (χ4v) is 3.73. The largest absolute Gasteiger partial charge is 0.489 e. The van der Waals surface area contributed by atoms with Gasteiger partial charge in [-0.25, -0.2) is 0 Å². The van der Waals surface area contributed by atoms with Crippen LogP contribution in [0.3, 0.4) is 0 Å². The molecule has 1 heterocycles. The molecule has 0 bridgehead atoms. The summed E-state index contributed by atoms with van der Waals surface area (Å²) in [7, 11) is 0. The van der Waals surface area contributed by atoms with E-state index in [9.17, 15) is 9.90 Å². The summed E-state index contributed by atoms with van der Waals surface area (Å²) < 4.78 is 11.9. The summed E-state index contributed by atoms with van der Waals surface area (Å²) in [5, 5.41) is 10.2. The van der Waals surface area contributed by atoms with Crippen molar-refractivity contribution in [3.8, 4) is 16.9 Å². The van der Waals surface area contributed by atoms with Crippen molar-refractivity contribution in [2.75, 3.05) is 0 Å². The van der Waals surface area contributed by atoms with E-state index in [0.717, 1.165) is 45.2 Å². The predicted octanol–water partition coefficient (Wildman–Crippen LogP) is 5.33. The number of carboxylic acids is 1. The third-order valence-electron chi connectivity index (χ3n) is 5.36. The molecule has 3 aromatic carbocycles. The molecule has 5 heteroatoms. The number of fused-ring (bicyclic) bond motifs is 1. The van der Waals surface area contributed by atoms with E-state index in [4.69, 9.17) is 14.9 Å². The molecular formula is C26H25NO4. The van der Waals surface area contributed by atoms with E-state index in [2.05, 4.69) is 19.1 Å². The zero-order valence-electron chi connectivity index (χ0n) is 17.4. The maximum Gasteiger partial charge on any atom is 0.307 e. The smallest absolute Gasteiger partial charge is 0.307 e. The van der Waals surface area contributed by atoms with Crippen LogP contribution < -0.4 is 10.5 Å². The lowest BCUT2D eigenvalue weighted by molar-refractivity contribution is -0.136. The SMILES string of the molecule is CCc1ccc(CC(=O)O)c(OCc2cc(-c3cccc(CN)c3)c3occc3c2)c1. The number of aliphatic carboxylic acids is 1. The summed E-state index contributed by atoms with van der Waals surface area (Å²) in [6.07, 6.45) is 2.46. The Bertz CT molecular complexity index is 1230. The highest BCUT2D eigenvalue weighted by atomic mass is 16.5. The normalized spacial score (nSPS) is 11.0. The van der Waals surface area contributed by atoms with Gasteiger partial charge >= 0.3 is 5.97 Å². The lowest BCUT2D eigenvalue weighted by Gasteiger charge is -2.13. The van der Waals surface area contributed by atoms with Crippen LogP contribution in [-0.4, -0.2) is 11.1 Å². The fourth-order valence-electron chi connectivity index (χ4n) is 3.73. The van der Waals surface area contributed by atoms with Gasteiger partial charge in [-0.1, -0.05) is 37.3 Å². The van der Waals surface area contributed by atoms with Gasteiger partial charge in [0.1, 0.15) is 17.9 Å². The molecule has 0 saturated carbocycles. The van der Waals surface area contributed by atoms with Crippen molar-refractivity contribution >= 4 is 16.9 Å². The van der Waals surface area contributed by atoms with Crippen molar-refractivity contribution in [1.82, 2.24) is 0 Å². The maximum absolute atomic E-state index is 11.2. The first-order valence-corrected chi connectivity index (χ1v) is 10.3. The second kappa shape index (κ2) is 9.06. The zero-order chi connectivity index (χ0) is 21.8. The van der Waals surface area contributed by atoms with Crippen molar-refractivity contribution in [2.24, 2.45) is 5.73 Å². The fraction of sp³-hybridized carbons (Fsp3) is 0.192. The molecule has 0 fully saturated rings.